The predicted molar refractivity (Wildman–Crippen MR) is 84.7 cm³/mol. The molecule has 1 aromatic carbocycles. The summed E-state index contributed by atoms with van der Waals surface area (Å²) in [7, 11) is 0. The molecule has 5 nitrogen and oxygen atoms in total. The molecule has 0 aliphatic rings. The molecule has 120 valence electrons. The number of hydrogen-bond donors (Lipinski definition) is 1. The SMILES string of the molecule is C=CCN(C(=O)OC(C)(C)C)[C@@H](Cc1ccccc1)C(=O)O. The average molecular weight is 305 g/mol. The van der Waals surface area contributed by atoms with Gasteiger partial charge in [-0.1, -0.05) is 36.4 Å². The summed E-state index contributed by atoms with van der Waals surface area (Å²) in [4.78, 5) is 25.1. The van der Waals surface area contributed by atoms with Crippen molar-refractivity contribution in [2.75, 3.05) is 6.54 Å². The standard InChI is InChI=1S/C17H23NO4/c1-5-11-18(16(21)22-17(2,3)4)14(15(19)20)12-13-9-7-6-8-10-13/h5-10,14H,1,11-12H2,2-4H3,(H,19,20)/t14-/m0/s1. The van der Waals surface area contributed by atoms with Crippen molar-refractivity contribution in [1.29, 1.82) is 0 Å². The second kappa shape index (κ2) is 7.64. The van der Waals surface area contributed by atoms with Gasteiger partial charge in [-0.3, -0.25) is 4.90 Å². The van der Waals surface area contributed by atoms with Crippen LogP contribution in [0.2, 0.25) is 0 Å². The lowest BCUT2D eigenvalue weighted by Gasteiger charge is -2.30. The van der Waals surface area contributed by atoms with Gasteiger partial charge in [-0.15, -0.1) is 6.58 Å². The Morgan fingerprint density at radius 3 is 2.36 bits per heavy atom. The van der Waals surface area contributed by atoms with Crippen LogP contribution in [0.5, 0.6) is 0 Å². The highest BCUT2D eigenvalue weighted by Crippen LogP contribution is 2.15. The molecule has 0 aliphatic heterocycles. The van der Waals surface area contributed by atoms with Gasteiger partial charge in [0.15, 0.2) is 0 Å². The summed E-state index contributed by atoms with van der Waals surface area (Å²) in [5.74, 6) is -1.07. The van der Waals surface area contributed by atoms with E-state index >= 15 is 0 Å². The fraction of sp³-hybridized carbons (Fsp3) is 0.412. The molecule has 0 spiro atoms. The lowest BCUT2D eigenvalue weighted by Crippen LogP contribution is -2.48. The molecule has 0 unspecified atom stereocenters. The Bertz CT molecular complexity index is 519. The zero-order valence-electron chi connectivity index (χ0n) is 13.3. The Morgan fingerprint density at radius 2 is 1.91 bits per heavy atom. The lowest BCUT2D eigenvalue weighted by atomic mass is 10.0. The Labute approximate surface area is 131 Å². The van der Waals surface area contributed by atoms with E-state index in [0.29, 0.717) is 0 Å². The van der Waals surface area contributed by atoms with Crippen LogP contribution in [0.25, 0.3) is 0 Å². The number of aliphatic carboxylic acids is 1. The molecule has 0 radical (unpaired) electrons. The van der Waals surface area contributed by atoms with Crippen molar-refractivity contribution in [1.82, 2.24) is 4.90 Å². The van der Waals surface area contributed by atoms with Crippen molar-refractivity contribution in [3.63, 3.8) is 0 Å². The number of carboxylic acid groups (broad SMARTS) is 1. The maximum Gasteiger partial charge on any atom is 0.411 e. The predicted octanol–water partition coefficient (Wildman–Crippen LogP) is 3.11. The van der Waals surface area contributed by atoms with Crippen LogP contribution in [0.3, 0.4) is 0 Å². The first kappa shape index (κ1) is 17.8. The molecule has 0 aromatic heterocycles. The molecule has 1 amide bonds. The fourth-order valence-corrected chi connectivity index (χ4v) is 1.96. The number of rotatable bonds is 6. The first-order chi connectivity index (χ1) is 10.2. The van der Waals surface area contributed by atoms with Gasteiger partial charge in [0, 0.05) is 13.0 Å². The van der Waals surface area contributed by atoms with Gasteiger partial charge >= 0.3 is 12.1 Å². The van der Waals surface area contributed by atoms with Crippen molar-refractivity contribution in [3.8, 4) is 0 Å². The number of hydrogen-bond acceptors (Lipinski definition) is 3. The van der Waals surface area contributed by atoms with E-state index in [1.807, 2.05) is 30.3 Å². The molecule has 0 heterocycles. The molecule has 0 fully saturated rings. The molecular formula is C17H23NO4. The number of amides is 1. The van der Waals surface area contributed by atoms with Crippen LogP contribution in [0.4, 0.5) is 4.79 Å². The summed E-state index contributed by atoms with van der Waals surface area (Å²) >= 11 is 0. The number of nitrogens with zero attached hydrogens (tertiary/aromatic N) is 1. The van der Waals surface area contributed by atoms with Gasteiger partial charge in [0.05, 0.1) is 0 Å². The van der Waals surface area contributed by atoms with Crippen LogP contribution in [0, 0.1) is 0 Å². The zero-order chi connectivity index (χ0) is 16.8. The third-order valence-electron chi connectivity index (χ3n) is 2.89. The lowest BCUT2D eigenvalue weighted by molar-refractivity contribution is -0.143. The summed E-state index contributed by atoms with van der Waals surface area (Å²) in [6.45, 7) is 8.92. The van der Waals surface area contributed by atoms with Crippen molar-refractivity contribution in [2.24, 2.45) is 0 Å². The molecule has 0 aliphatic carbocycles. The summed E-state index contributed by atoms with van der Waals surface area (Å²) in [6.07, 6.45) is 1.05. The molecule has 5 heteroatoms. The van der Waals surface area contributed by atoms with Crippen LogP contribution in [-0.4, -0.2) is 40.3 Å². The van der Waals surface area contributed by atoms with E-state index in [2.05, 4.69) is 6.58 Å². The van der Waals surface area contributed by atoms with Crippen molar-refractivity contribution < 1.29 is 19.4 Å². The minimum absolute atomic E-state index is 0.110. The second-order valence-corrected chi connectivity index (χ2v) is 5.97. The summed E-state index contributed by atoms with van der Waals surface area (Å²) in [5, 5.41) is 9.50. The van der Waals surface area contributed by atoms with Gasteiger partial charge in [-0.25, -0.2) is 9.59 Å². The normalized spacial score (nSPS) is 12.3. The maximum absolute atomic E-state index is 12.3. The Balaban J connectivity index is 2.99. The van der Waals surface area contributed by atoms with Gasteiger partial charge < -0.3 is 9.84 Å². The van der Waals surface area contributed by atoms with Gasteiger partial charge in [0.25, 0.3) is 0 Å². The van der Waals surface area contributed by atoms with Gasteiger partial charge in [-0.2, -0.15) is 0 Å². The Kier molecular flexibility index (Phi) is 6.16. The van der Waals surface area contributed by atoms with E-state index < -0.39 is 23.7 Å². The molecule has 1 atom stereocenters. The van der Waals surface area contributed by atoms with Crippen LogP contribution < -0.4 is 0 Å². The van der Waals surface area contributed by atoms with E-state index in [9.17, 15) is 14.7 Å². The van der Waals surface area contributed by atoms with Gasteiger partial charge in [-0.05, 0) is 26.3 Å². The molecule has 1 N–H and O–H groups in total. The topological polar surface area (TPSA) is 66.8 Å². The van der Waals surface area contributed by atoms with Crippen molar-refractivity contribution >= 4 is 12.1 Å². The zero-order valence-corrected chi connectivity index (χ0v) is 13.3. The summed E-state index contributed by atoms with van der Waals surface area (Å²) in [5.41, 5.74) is 0.152. The molecule has 1 aromatic rings. The summed E-state index contributed by atoms with van der Waals surface area (Å²) in [6, 6.07) is 8.18. The monoisotopic (exact) mass is 305 g/mol. The van der Waals surface area contributed by atoms with Crippen LogP contribution in [-0.2, 0) is 16.0 Å². The van der Waals surface area contributed by atoms with Crippen LogP contribution >= 0.6 is 0 Å². The molecule has 22 heavy (non-hydrogen) atoms. The molecule has 0 bridgehead atoms. The van der Waals surface area contributed by atoms with E-state index in [-0.39, 0.29) is 13.0 Å². The minimum Gasteiger partial charge on any atom is -0.480 e. The average Bonchev–Trinajstić information content (AvgIpc) is 2.41. The molecule has 0 saturated heterocycles. The number of carbonyl (C=O) groups excluding carboxylic acids is 1. The third-order valence-corrected chi connectivity index (χ3v) is 2.89. The number of ether oxygens (including phenoxy) is 1. The largest absolute Gasteiger partial charge is 0.480 e. The molecule has 0 saturated carbocycles. The van der Waals surface area contributed by atoms with E-state index in [4.69, 9.17) is 4.74 Å². The van der Waals surface area contributed by atoms with Crippen molar-refractivity contribution in [2.45, 2.75) is 38.8 Å². The molecular weight excluding hydrogens is 282 g/mol. The van der Waals surface area contributed by atoms with E-state index in [1.54, 1.807) is 20.8 Å². The maximum atomic E-state index is 12.3. The first-order valence-electron chi connectivity index (χ1n) is 7.12. The molecule has 1 rings (SSSR count). The highest BCUT2D eigenvalue weighted by atomic mass is 16.6. The highest BCUT2D eigenvalue weighted by molar-refractivity contribution is 5.80. The third kappa shape index (κ3) is 5.60. The fourth-order valence-electron chi connectivity index (χ4n) is 1.96. The highest BCUT2D eigenvalue weighted by Gasteiger charge is 2.32. The van der Waals surface area contributed by atoms with Gasteiger partial charge in [0.2, 0.25) is 0 Å². The second-order valence-electron chi connectivity index (χ2n) is 5.97. The van der Waals surface area contributed by atoms with E-state index in [0.717, 1.165) is 5.56 Å². The first-order valence-corrected chi connectivity index (χ1v) is 7.12. The van der Waals surface area contributed by atoms with Gasteiger partial charge in [0.1, 0.15) is 11.6 Å². The smallest absolute Gasteiger partial charge is 0.411 e. The number of carboxylic acids is 1. The quantitative estimate of drug-likeness (QED) is 0.820. The Morgan fingerprint density at radius 1 is 1.32 bits per heavy atom. The van der Waals surface area contributed by atoms with Crippen LogP contribution in [0.15, 0.2) is 43.0 Å². The minimum atomic E-state index is -1.07. The van der Waals surface area contributed by atoms with Crippen molar-refractivity contribution in [3.05, 3.63) is 48.6 Å². The Hall–Kier alpha value is -2.30. The van der Waals surface area contributed by atoms with E-state index in [1.165, 1.54) is 11.0 Å². The summed E-state index contributed by atoms with van der Waals surface area (Å²) < 4.78 is 5.30. The van der Waals surface area contributed by atoms with Crippen LogP contribution in [0.1, 0.15) is 26.3 Å². The number of benzene rings is 1. The number of carbonyl (C=O) groups is 2.